The summed E-state index contributed by atoms with van der Waals surface area (Å²) < 4.78 is 0. The average molecular weight is 211 g/mol. The van der Waals surface area contributed by atoms with Crippen molar-refractivity contribution in [2.24, 2.45) is 0 Å². The highest BCUT2D eigenvalue weighted by molar-refractivity contribution is 5.84. The second-order valence-corrected chi connectivity index (χ2v) is 4.16. The van der Waals surface area contributed by atoms with Crippen molar-refractivity contribution < 1.29 is 9.59 Å². The molecule has 0 radical (unpaired) electrons. The van der Waals surface area contributed by atoms with Crippen LogP contribution in [-0.4, -0.2) is 48.9 Å². The molecule has 0 aliphatic carbocycles. The molecule has 2 rings (SSSR count). The van der Waals surface area contributed by atoms with Crippen LogP contribution in [0.5, 0.6) is 0 Å². The highest BCUT2D eigenvalue weighted by Gasteiger charge is 2.36. The van der Waals surface area contributed by atoms with E-state index in [1.807, 2.05) is 11.9 Å². The summed E-state index contributed by atoms with van der Waals surface area (Å²) in [6, 6.07) is 0.177. The molecule has 2 aliphatic rings. The Kier molecular flexibility index (Phi) is 2.90. The molecule has 2 unspecified atom stereocenters. The van der Waals surface area contributed by atoms with E-state index in [4.69, 9.17) is 0 Å². The Morgan fingerprint density at radius 2 is 2.20 bits per heavy atom. The second-order valence-electron chi connectivity index (χ2n) is 4.16. The minimum Gasteiger partial charge on any atom is -0.354 e. The highest BCUT2D eigenvalue weighted by atomic mass is 16.2. The molecule has 2 heterocycles. The monoisotopic (exact) mass is 211 g/mol. The lowest BCUT2D eigenvalue weighted by Gasteiger charge is -2.31. The first-order valence-corrected chi connectivity index (χ1v) is 5.47. The molecule has 2 atom stereocenters. The maximum atomic E-state index is 11.9. The average Bonchev–Trinajstić information content (AvgIpc) is 2.61. The van der Waals surface area contributed by atoms with Gasteiger partial charge in [-0.1, -0.05) is 0 Å². The van der Waals surface area contributed by atoms with Gasteiger partial charge in [-0.15, -0.1) is 0 Å². The normalized spacial score (nSPS) is 31.9. The molecule has 5 nitrogen and oxygen atoms in total. The fourth-order valence-corrected chi connectivity index (χ4v) is 2.32. The quantitative estimate of drug-likeness (QED) is 0.621. The van der Waals surface area contributed by atoms with Gasteiger partial charge >= 0.3 is 0 Å². The summed E-state index contributed by atoms with van der Waals surface area (Å²) >= 11 is 0. The van der Waals surface area contributed by atoms with E-state index in [9.17, 15) is 9.59 Å². The van der Waals surface area contributed by atoms with Crippen LogP contribution in [-0.2, 0) is 9.59 Å². The maximum absolute atomic E-state index is 11.9. The van der Waals surface area contributed by atoms with Gasteiger partial charge in [-0.25, -0.2) is 0 Å². The summed E-state index contributed by atoms with van der Waals surface area (Å²) in [5, 5.41) is 5.82. The number of rotatable bonds is 2. The van der Waals surface area contributed by atoms with Crippen LogP contribution in [0.25, 0.3) is 0 Å². The van der Waals surface area contributed by atoms with E-state index in [2.05, 4.69) is 10.6 Å². The molecule has 2 amide bonds. The first-order chi connectivity index (χ1) is 7.22. The predicted molar refractivity (Wildman–Crippen MR) is 55.2 cm³/mol. The molecular weight excluding hydrogens is 194 g/mol. The van der Waals surface area contributed by atoms with Crippen molar-refractivity contribution in [3.63, 3.8) is 0 Å². The van der Waals surface area contributed by atoms with Gasteiger partial charge in [0.15, 0.2) is 0 Å². The Morgan fingerprint density at radius 1 is 1.40 bits per heavy atom. The van der Waals surface area contributed by atoms with Gasteiger partial charge in [0.05, 0.1) is 6.04 Å². The molecule has 84 valence electrons. The molecular formula is C10H17N3O2. The van der Waals surface area contributed by atoms with Crippen LogP contribution in [0.2, 0.25) is 0 Å². The van der Waals surface area contributed by atoms with Gasteiger partial charge in [0.1, 0.15) is 0 Å². The van der Waals surface area contributed by atoms with E-state index < -0.39 is 0 Å². The molecule has 0 saturated carbocycles. The molecule has 0 aromatic heterocycles. The van der Waals surface area contributed by atoms with Gasteiger partial charge in [-0.3, -0.25) is 9.59 Å². The number of likely N-dealkylation sites (N-methyl/N-ethyl adjacent to an activating group) is 1. The molecule has 2 aliphatic heterocycles. The van der Waals surface area contributed by atoms with Crippen LogP contribution < -0.4 is 10.6 Å². The molecule has 5 heteroatoms. The lowest BCUT2D eigenvalue weighted by molar-refractivity contribution is -0.133. The van der Waals surface area contributed by atoms with Crippen LogP contribution in [0.3, 0.4) is 0 Å². The summed E-state index contributed by atoms with van der Waals surface area (Å²) in [4.78, 5) is 24.8. The van der Waals surface area contributed by atoms with Crippen LogP contribution in [0, 0.1) is 0 Å². The SMILES string of the molecule is CNC1CCN(C2CCC(=O)NC2)C1=O. The van der Waals surface area contributed by atoms with E-state index in [1.54, 1.807) is 0 Å². The lowest BCUT2D eigenvalue weighted by atomic mass is 10.1. The van der Waals surface area contributed by atoms with E-state index in [1.165, 1.54) is 0 Å². The Hall–Kier alpha value is -1.10. The minimum atomic E-state index is -0.0253. The number of piperidine rings is 1. The zero-order chi connectivity index (χ0) is 10.8. The molecule has 0 spiro atoms. The Bertz CT molecular complexity index is 270. The number of nitrogens with zero attached hydrogens (tertiary/aromatic N) is 1. The van der Waals surface area contributed by atoms with Gasteiger partial charge in [0, 0.05) is 25.6 Å². The fraction of sp³-hybridized carbons (Fsp3) is 0.800. The molecule has 0 aromatic carbocycles. The van der Waals surface area contributed by atoms with Gasteiger partial charge in [-0.2, -0.15) is 0 Å². The lowest BCUT2D eigenvalue weighted by Crippen LogP contribution is -2.50. The summed E-state index contributed by atoms with van der Waals surface area (Å²) in [6.45, 7) is 1.42. The standard InChI is InChI=1S/C10H17N3O2/c1-11-8-4-5-13(10(8)15)7-2-3-9(14)12-6-7/h7-8,11H,2-6H2,1H3,(H,12,14). The zero-order valence-corrected chi connectivity index (χ0v) is 8.95. The Balaban J connectivity index is 1.94. The van der Waals surface area contributed by atoms with Crippen molar-refractivity contribution in [3.8, 4) is 0 Å². The van der Waals surface area contributed by atoms with Crippen LogP contribution in [0.1, 0.15) is 19.3 Å². The molecule has 2 fully saturated rings. The van der Waals surface area contributed by atoms with E-state index in [0.717, 1.165) is 19.4 Å². The van der Waals surface area contributed by atoms with Gasteiger partial charge in [0.2, 0.25) is 11.8 Å². The maximum Gasteiger partial charge on any atom is 0.240 e. The van der Waals surface area contributed by atoms with Crippen molar-refractivity contribution in [1.29, 1.82) is 0 Å². The molecule has 0 aromatic rings. The van der Waals surface area contributed by atoms with E-state index in [-0.39, 0.29) is 23.9 Å². The topological polar surface area (TPSA) is 61.4 Å². The van der Waals surface area contributed by atoms with E-state index in [0.29, 0.717) is 13.0 Å². The molecule has 0 bridgehead atoms. The third-order valence-electron chi connectivity index (χ3n) is 3.27. The summed E-state index contributed by atoms with van der Waals surface area (Å²) in [5.74, 6) is 0.279. The van der Waals surface area contributed by atoms with Crippen LogP contribution >= 0.6 is 0 Å². The van der Waals surface area contributed by atoms with Crippen LogP contribution in [0.4, 0.5) is 0 Å². The number of hydrogen-bond acceptors (Lipinski definition) is 3. The zero-order valence-electron chi connectivity index (χ0n) is 8.95. The molecule has 15 heavy (non-hydrogen) atoms. The number of likely N-dealkylation sites (tertiary alicyclic amines) is 1. The summed E-state index contributed by atoms with van der Waals surface area (Å²) in [7, 11) is 1.81. The number of carbonyl (C=O) groups is 2. The van der Waals surface area contributed by atoms with Gasteiger partial charge in [0.25, 0.3) is 0 Å². The van der Waals surface area contributed by atoms with Crippen molar-refractivity contribution in [3.05, 3.63) is 0 Å². The van der Waals surface area contributed by atoms with Crippen molar-refractivity contribution >= 4 is 11.8 Å². The second kappa shape index (κ2) is 4.18. The van der Waals surface area contributed by atoms with Gasteiger partial charge in [-0.05, 0) is 19.9 Å². The smallest absolute Gasteiger partial charge is 0.240 e. The van der Waals surface area contributed by atoms with Gasteiger partial charge < -0.3 is 15.5 Å². The largest absolute Gasteiger partial charge is 0.354 e. The summed E-state index contributed by atoms with van der Waals surface area (Å²) in [6.07, 6.45) is 2.21. The third kappa shape index (κ3) is 1.97. The van der Waals surface area contributed by atoms with Crippen molar-refractivity contribution in [2.75, 3.05) is 20.1 Å². The minimum absolute atomic E-state index is 0.0253. The Labute approximate surface area is 89.2 Å². The number of carbonyl (C=O) groups excluding carboxylic acids is 2. The fourth-order valence-electron chi connectivity index (χ4n) is 2.32. The highest BCUT2D eigenvalue weighted by Crippen LogP contribution is 2.18. The van der Waals surface area contributed by atoms with E-state index >= 15 is 0 Å². The van der Waals surface area contributed by atoms with Crippen LogP contribution in [0.15, 0.2) is 0 Å². The number of hydrogen-bond donors (Lipinski definition) is 2. The first kappa shape index (κ1) is 10.4. The van der Waals surface area contributed by atoms with Crippen molar-refractivity contribution in [2.45, 2.75) is 31.3 Å². The number of amides is 2. The predicted octanol–water partition coefficient (Wildman–Crippen LogP) is -0.915. The molecule has 2 N–H and O–H groups in total. The third-order valence-corrected chi connectivity index (χ3v) is 3.27. The summed E-state index contributed by atoms with van der Waals surface area (Å²) in [5.41, 5.74) is 0. The molecule has 2 saturated heterocycles. The Morgan fingerprint density at radius 3 is 2.73 bits per heavy atom. The first-order valence-electron chi connectivity index (χ1n) is 5.47. The van der Waals surface area contributed by atoms with Crippen molar-refractivity contribution in [1.82, 2.24) is 15.5 Å². The number of nitrogens with one attached hydrogen (secondary N) is 2.